The predicted octanol–water partition coefficient (Wildman–Crippen LogP) is 3.52. The number of rotatable bonds is 2. The van der Waals surface area contributed by atoms with Gasteiger partial charge in [-0.15, -0.1) is 0 Å². The van der Waals surface area contributed by atoms with Crippen LogP contribution in [0.2, 0.25) is 0 Å². The Labute approximate surface area is 120 Å². The number of benzene rings is 2. The number of amides is 1. The van der Waals surface area contributed by atoms with Gasteiger partial charge in [-0.1, -0.05) is 48.5 Å². The van der Waals surface area contributed by atoms with Crippen LogP contribution in [-0.4, -0.2) is 12.5 Å². The summed E-state index contributed by atoms with van der Waals surface area (Å²) in [6.45, 7) is 2.93. The molecule has 0 N–H and O–H groups in total. The number of nitrogens with zero attached hydrogens (tertiary/aromatic N) is 1. The van der Waals surface area contributed by atoms with E-state index < -0.39 is 0 Å². The Kier molecular flexibility index (Phi) is 3.55. The number of hydrogen-bond acceptors (Lipinski definition) is 1. The molecule has 2 aromatic rings. The van der Waals surface area contributed by atoms with Crippen LogP contribution >= 0.6 is 0 Å². The van der Waals surface area contributed by atoms with E-state index in [2.05, 4.69) is 25.1 Å². The van der Waals surface area contributed by atoms with E-state index in [1.165, 1.54) is 11.1 Å². The van der Waals surface area contributed by atoms with Crippen LogP contribution in [0.5, 0.6) is 0 Å². The minimum Gasteiger partial charge on any atom is -0.312 e. The van der Waals surface area contributed by atoms with Gasteiger partial charge in [0.1, 0.15) is 0 Å². The van der Waals surface area contributed by atoms with Gasteiger partial charge in [0.2, 0.25) is 5.91 Å². The first kappa shape index (κ1) is 12.9. The molecule has 20 heavy (non-hydrogen) atoms. The van der Waals surface area contributed by atoms with E-state index in [4.69, 9.17) is 0 Å². The van der Waals surface area contributed by atoms with Gasteiger partial charge in [-0.2, -0.15) is 0 Å². The fraction of sp³-hybridized carbons (Fsp3) is 0.278. The van der Waals surface area contributed by atoms with Crippen molar-refractivity contribution in [1.82, 2.24) is 0 Å². The summed E-state index contributed by atoms with van der Waals surface area (Å²) in [5, 5.41) is 0. The summed E-state index contributed by atoms with van der Waals surface area (Å²) in [6, 6.07) is 16.3. The molecule has 2 nitrogen and oxygen atoms in total. The molecule has 2 aromatic carbocycles. The number of anilines is 1. The maximum Gasteiger partial charge on any atom is 0.231 e. The van der Waals surface area contributed by atoms with Crippen LogP contribution in [0.4, 0.5) is 5.69 Å². The van der Waals surface area contributed by atoms with Gasteiger partial charge in [-0.25, -0.2) is 0 Å². The maximum absolute atomic E-state index is 12.6. The monoisotopic (exact) mass is 265 g/mol. The average molecular weight is 265 g/mol. The summed E-state index contributed by atoms with van der Waals surface area (Å²) in [5.74, 6) is 0.200. The van der Waals surface area contributed by atoms with Crippen molar-refractivity contribution in [2.45, 2.75) is 26.2 Å². The average Bonchev–Trinajstić information content (AvgIpc) is 2.48. The number of carbonyl (C=O) groups excluding carboxylic acids is 1. The molecule has 2 heteroatoms. The molecule has 0 aliphatic carbocycles. The molecule has 0 unspecified atom stereocenters. The van der Waals surface area contributed by atoms with E-state index in [1.807, 2.05) is 35.2 Å². The summed E-state index contributed by atoms with van der Waals surface area (Å²) in [5.41, 5.74) is 4.72. The predicted molar refractivity (Wildman–Crippen MR) is 82.0 cm³/mol. The van der Waals surface area contributed by atoms with Gasteiger partial charge < -0.3 is 4.90 Å². The number of para-hydroxylation sites is 1. The van der Waals surface area contributed by atoms with Gasteiger partial charge in [0.05, 0.1) is 6.42 Å². The third kappa shape index (κ3) is 2.46. The molecule has 0 fully saturated rings. The van der Waals surface area contributed by atoms with E-state index in [0.29, 0.717) is 6.42 Å². The lowest BCUT2D eigenvalue weighted by Gasteiger charge is -2.31. The Bertz CT molecular complexity index is 619. The highest BCUT2D eigenvalue weighted by atomic mass is 16.2. The van der Waals surface area contributed by atoms with E-state index in [1.54, 1.807) is 0 Å². The molecule has 1 heterocycles. The van der Waals surface area contributed by atoms with Crippen molar-refractivity contribution in [2.24, 2.45) is 0 Å². The van der Waals surface area contributed by atoms with Crippen LogP contribution in [0, 0.1) is 6.92 Å². The van der Waals surface area contributed by atoms with Crippen molar-refractivity contribution in [1.29, 1.82) is 0 Å². The van der Waals surface area contributed by atoms with Crippen LogP contribution in [0.3, 0.4) is 0 Å². The van der Waals surface area contributed by atoms with Gasteiger partial charge in [-0.05, 0) is 36.5 Å². The summed E-state index contributed by atoms with van der Waals surface area (Å²) in [4.78, 5) is 14.6. The minimum absolute atomic E-state index is 0.200. The van der Waals surface area contributed by atoms with Crippen molar-refractivity contribution < 1.29 is 4.79 Å². The van der Waals surface area contributed by atoms with Gasteiger partial charge >= 0.3 is 0 Å². The van der Waals surface area contributed by atoms with E-state index in [0.717, 1.165) is 30.6 Å². The molecule has 0 radical (unpaired) electrons. The zero-order chi connectivity index (χ0) is 13.9. The molecule has 1 aliphatic rings. The molecule has 0 saturated carbocycles. The third-order valence-corrected chi connectivity index (χ3v) is 3.92. The zero-order valence-corrected chi connectivity index (χ0v) is 11.8. The normalized spacial score (nSPS) is 13.9. The first-order chi connectivity index (χ1) is 9.75. The smallest absolute Gasteiger partial charge is 0.231 e. The zero-order valence-electron chi connectivity index (χ0n) is 11.8. The van der Waals surface area contributed by atoms with Gasteiger partial charge in [-0.3, -0.25) is 4.79 Å². The maximum atomic E-state index is 12.6. The molecule has 102 valence electrons. The second-order valence-electron chi connectivity index (χ2n) is 5.39. The van der Waals surface area contributed by atoms with Crippen LogP contribution in [0.15, 0.2) is 48.5 Å². The SMILES string of the molecule is Cc1cccc2c1N(C(=O)Cc1ccccc1)CCC2. The van der Waals surface area contributed by atoms with Gasteiger partial charge in [0, 0.05) is 12.2 Å². The molecule has 1 amide bonds. The Morgan fingerprint density at radius 2 is 1.90 bits per heavy atom. The van der Waals surface area contributed by atoms with Gasteiger partial charge in [0.15, 0.2) is 0 Å². The fourth-order valence-corrected chi connectivity index (χ4v) is 2.96. The molecule has 0 aromatic heterocycles. The number of carbonyl (C=O) groups is 1. The van der Waals surface area contributed by atoms with E-state index in [9.17, 15) is 4.79 Å². The standard InChI is InChI=1S/C18H19NO/c1-14-7-5-10-16-11-6-12-19(18(14)16)17(20)13-15-8-3-2-4-9-15/h2-5,7-10H,6,11-13H2,1H3. The molecule has 0 spiro atoms. The summed E-state index contributed by atoms with van der Waals surface area (Å²) in [7, 11) is 0. The van der Waals surface area contributed by atoms with Crippen molar-refractivity contribution in [3.63, 3.8) is 0 Å². The third-order valence-electron chi connectivity index (χ3n) is 3.92. The lowest BCUT2D eigenvalue weighted by Crippen LogP contribution is -2.37. The fourth-order valence-electron chi connectivity index (χ4n) is 2.96. The van der Waals surface area contributed by atoms with Crippen molar-refractivity contribution >= 4 is 11.6 Å². The molecule has 3 rings (SSSR count). The van der Waals surface area contributed by atoms with Crippen LogP contribution in [0.25, 0.3) is 0 Å². The number of fused-ring (bicyclic) bond motifs is 1. The Hall–Kier alpha value is -2.09. The Morgan fingerprint density at radius 3 is 2.70 bits per heavy atom. The van der Waals surface area contributed by atoms with Crippen molar-refractivity contribution in [3.05, 3.63) is 65.2 Å². The van der Waals surface area contributed by atoms with Crippen LogP contribution in [-0.2, 0) is 17.6 Å². The van der Waals surface area contributed by atoms with Gasteiger partial charge in [0.25, 0.3) is 0 Å². The summed E-state index contributed by atoms with van der Waals surface area (Å²) >= 11 is 0. The number of aryl methyl sites for hydroxylation is 2. The lowest BCUT2D eigenvalue weighted by molar-refractivity contribution is -0.118. The van der Waals surface area contributed by atoms with Crippen molar-refractivity contribution in [3.8, 4) is 0 Å². The first-order valence-corrected chi connectivity index (χ1v) is 7.18. The second kappa shape index (κ2) is 5.49. The van der Waals surface area contributed by atoms with Crippen LogP contribution in [0.1, 0.15) is 23.1 Å². The highest BCUT2D eigenvalue weighted by molar-refractivity contribution is 5.96. The molecular formula is C18H19NO. The topological polar surface area (TPSA) is 20.3 Å². The Morgan fingerprint density at radius 1 is 1.10 bits per heavy atom. The van der Waals surface area contributed by atoms with E-state index >= 15 is 0 Å². The second-order valence-corrected chi connectivity index (χ2v) is 5.39. The van der Waals surface area contributed by atoms with Crippen molar-refractivity contribution in [2.75, 3.05) is 11.4 Å². The Balaban J connectivity index is 1.87. The van der Waals surface area contributed by atoms with E-state index in [-0.39, 0.29) is 5.91 Å². The molecule has 0 saturated heterocycles. The lowest BCUT2D eigenvalue weighted by atomic mass is 9.97. The summed E-state index contributed by atoms with van der Waals surface area (Å²) in [6.07, 6.45) is 2.61. The quantitative estimate of drug-likeness (QED) is 0.813. The molecule has 1 aliphatic heterocycles. The highest BCUT2D eigenvalue weighted by Crippen LogP contribution is 2.30. The molecule has 0 atom stereocenters. The van der Waals surface area contributed by atoms with Crippen LogP contribution < -0.4 is 4.90 Å². The molecule has 0 bridgehead atoms. The summed E-state index contributed by atoms with van der Waals surface area (Å²) < 4.78 is 0. The number of hydrogen-bond donors (Lipinski definition) is 0. The molecular weight excluding hydrogens is 246 g/mol. The minimum atomic E-state index is 0.200. The largest absolute Gasteiger partial charge is 0.312 e. The highest BCUT2D eigenvalue weighted by Gasteiger charge is 2.23. The first-order valence-electron chi connectivity index (χ1n) is 7.18.